The topological polar surface area (TPSA) is 92.0 Å². The van der Waals surface area contributed by atoms with Gasteiger partial charge in [-0.05, 0) is 19.1 Å². The van der Waals surface area contributed by atoms with Gasteiger partial charge < -0.3 is 14.5 Å². The number of rotatable bonds is 2. The van der Waals surface area contributed by atoms with E-state index in [0.29, 0.717) is 17.0 Å². The van der Waals surface area contributed by atoms with Gasteiger partial charge in [0.15, 0.2) is 5.65 Å². The van der Waals surface area contributed by atoms with Gasteiger partial charge in [0.1, 0.15) is 11.6 Å². The van der Waals surface area contributed by atoms with Crippen LogP contribution in [0.2, 0.25) is 0 Å². The predicted molar refractivity (Wildman–Crippen MR) is 63.3 cm³/mol. The molecule has 0 saturated heterocycles. The number of nitrogens with zero attached hydrogens (tertiary/aromatic N) is 2. The number of furan rings is 1. The molecule has 6 nitrogen and oxygen atoms in total. The van der Waals surface area contributed by atoms with Crippen LogP contribution in [0, 0.1) is 6.92 Å². The van der Waals surface area contributed by atoms with Gasteiger partial charge in [-0.1, -0.05) is 0 Å². The molecule has 0 aliphatic rings. The van der Waals surface area contributed by atoms with E-state index < -0.39 is 5.97 Å². The normalized spacial score (nSPS) is 10.9. The molecule has 18 heavy (non-hydrogen) atoms. The Hall–Kier alpha value is -2.63. The summed E-state index contributed by atoms with van der Waals surface area (Å²) < 4.78 is 5.20. The Morgan fingerprint density at radius 2 is 2.33 bits per heavy atom. The van der Waals surface area contributed by atoms with Gasteiger partial charge in [0.25, 0.3) is 0 Å². The van der Waals surface area contributed by atoms with Crippen LogP contribution in [-0.2, 0) is 0 Å². The van der Waals surface area contributed by atoms with Crippen molar-refractivity contribution in [1.82, 2.24) is 15.0 Å². The molecule has 90 valence electrons. The van der Waals surface area contributed by atoms with Gasteiger partial charge in [-0.2, -0.15) is 0 Å². The van der Waals surface area contributed by atoms with Crippen molar-refractivity contribution in [3.8, 4) is 11.4 Å². The van der Waals surface area contributed by atoms with Gasteiger partial charge in [-0.25, -0.2) is 14.8 Å². The zero-order valence-electron chi connectivity index (χ0n) is 9.47. The molecule has 0 aliphatic carbocycles. The number of aromatic carboxylic acids is 1. The highest BCUT2D eigenvalue weighted by molar-refractivity contribution is 5.91. The molecular weight excluding hydrogens is 234 g/mol. The van der Waals surface area contributed by atoms with Crippen molar-refractivity contribution < 1.29 is 14.3 Å². The molecule has 2 N–H and O–H groups in total. The van der Waals surface area contributed by atoms with E-state index in [1.807, 2.05) is 6.92 Å². The number of carboxylic acid groups (broad SMARTS) is 1. The second kappa shape index (κ2) is 3.69. The van der Waals surface area contributed by atoms with Gasteiger partial charge >= 0.3 is 5.97 Å². The first-order valence-electron chi connectivity index (χ1n) is 5.28. The van der Waals surface area contributed by atoms with E-state index in [0.717, 1.165) is 11.3 Å². The lowest BCUT2D eigenvalue weighted by Crippen LogP contribution is -1.96. The number of H-pyrrole nitrogens is 1. The Morgan fingerprint density at radius 3 is 3.00 bits per heavy atom. The SMILES string of the molecule is Cc1occc1-c1nc2ncc(C(=O)O)cc2[nH]1. The zero-order valence-corrected chi connectivity index (χ0v) is 9.47. The molecule has 0 atom stereocenters. The Kier molecular flexibility index (Phi) is 2.16. The summed E-state index contributed by atoms with van der Waals surface area (Å²) in [5, 5.41) is 8.89. The standard InChI is InChI=1S/C12H9N3O3/c1-6-8(2-3-18-6)10-14-9-4-7(12(16)17)5-13-11(9)15-10/h2-5H,1H3,(H,16,17)(H,13,14,15). The lowest BCUT2D eigenvalue weighted by atomic mass is 10.2. The molecular formula is C12H9N3O3. The number of pyridine rings is 1. The Balaban J connectivity index is 2.17. The van der Waals surface area contributed by atoms with E-state index in [1.165, 1.54) is 12.3 Å². The van der Waals surface area contributed by atoms with Gasteiger partial charge in [0.05, 0.1) is 22.9 Å². The molecule has 3 aromatic rings. The minimum atomic E-state index is -1.01. The maximum absolute atomic E-state index is 10.8. The van der Waals surface area contributed by atoms with E-state index in [2.05, 4.69) is 15.0 Å². The van der Waals surface area contributed by atoms with Crippen LogP contribution in [0.4, 0.5) is 0 Å². The summed E-state index contributed by atoms with van der Waals surface area (Å²) in [6.45, 7) is 1.83. The van der Waals surface area contributed by atoms with Crippen LogP contribution in [0.3, 0.4) is 0 Å². The summed E-state index contributed by atoms with van der Waals surface area (Å²) in [7, 11) is 0. The first-order chi connectivity index (χ1) is 8.65. The second-order valence-electron chi connectivity index (χ2n) is 3.88. The van der Waals surface area contributed by atoms with Crippen molar-refractivity contribution in [3.63, 3.8) is 0 Å². The summed E-state index contributed by atoms with van der Waals surface area (Å²) >= 11 is 0. The monoisotopic (exact) mass is 243 g/mol. The summed E-state index contributed by atoms with van der Waals surface area (Å²) in [5.41, 5.74) is 2.03. The highest BCUT2D eigenvalue weighted by Gasteiger charge is 2.12. The fourth-order valence-electron chi connectivity index (χ4n) is 1.78. The predicted octanol–water partition coefficient (Wildman–Crippen LogP) is 2.22. The van der Waals surface area contributed by atoms with Crippen molar-refractivity contribution in [2.45, 2.75) is 6.92 Å². The number of aromatic nitrogens is 3. The first kappa shape index (κ1) is 10.5. The number of hydrogen-bond donors (Lipinski definition) is 2. The van der Waals surface area contributed by atoms with E-state index in [4.69, 9.17) is 9.52 Å². The number of nitrogens with one attached hydrogen (secondary N) is 1. The van der Waals surface area contributed by atoms with Crippen LogP contribution in [0.25, 0.3) is 22.6 Å². The minimum absolute atomic E-state index is 0.126. The molecule has 3 rings (SSSR count). The van der Waals surface area contributed by atoms with E-state index in [1.54, 1.807) is 12.3 Å². The molecule has 0 fully saturated rings. The Morgan fingerprint density at radius 1 is 1.50 bits per heavy atom. The van der Waals surface area contributed by atoms with Gasteiger partial charge in [0, 0.05) is 6.20 Å². The molecule has 0 unspecified atom stereocenters. The highest BCUT2D eigenvalue weighted by atomic mass is 16.4. The molecule has 3 heterocycles. The molecule has 0 aromatic carbocycles. The Bertz CT molecular complexity index is 742. The maximum Gasteiger partial charge on any atom is 0.337 e. The number of aromatic amines is 1. The largest absolute Gasteiger partial charge is 0.478 e. The van der Waals surface area contributed by atoms with Gasteiger partial charge in [0.2, 0.25) is 0 Å². The molecule has 0 aliphatic heterocycles. The van der Waals surface area contributed by atoms with Crippen LogP contribution in [-0.4, -0.2) is 26.0 Å². The molecule has 0 spiro atoms. The third kappa shape index (κ3) is 1.55. The van der Waals surface area contributed by atoms with Crippen LogP contribution in [0.15, 0.2) is 29.0 Å². The fraction of sp³-hybridized carbons (Fsp3) is 0.0833. The van der Waals surface area contributed by atoms with E-state index in [-0.39, 0.29) is 5.56 Å². The third-order valence-corrected chi connectivity index (χ3v) is 2.70. The van der Waals surface area contributed by atoms with Crippen LogP contribution in [0.1, 0.15) is 16.1 Å². The van der Waals surface area contributed by atoms with Crippen LogP contribution < -0.4 is 0 Å². The van der Waals surface area contributed by atoms with Gasteiger partial charge in [-0.15, -0.1) is 0 Å². The second-order valence-corrected chi connectivity index (χ2v) is 3.88. The number of carbonyl (C=O) groups is 1. The summed E-state index contributed by atoms with van der Waals surface area (Å²) in [6, 6.07) is 3.31. The van der Waals surface area contributed by atoms with Crippen LogP contribution >= 0.6 is 0 Å². The number of imidazole rings is 1. The number of hydrogen-bond acceptors (Lipinski definition) is 4. The lowest BCUT2D eigenvalue weighted by molar-refractivity contribution is 0.0696. The Labute approximate surface area is 101 Å². The molecule has 0 saturated carbocycles. The molecule has 0 radical (unpaired) electrons. The van der Waals surface area contributed by atoms with E-state index in [9.17, 15) is 4.79 Å². The molecule has 6 heteroatoms. The third-order valence-electron chi connectivity index (χ3n) is 2.70. The van der Waals surface area contributed by atoms with E-state index >= 15 is 0 Å². The molecule has 0 bridgehead atoms. The summed E-state index contributed by atoms with van der Waals surface area (Å²) in [4.78, 5) is 22.2. The van der Waals surface area contributed by atoms with Crippen molar-refractivity contribution in [1.29, 1.82) is 0 Å². The smallest absolute Gasteiger partial charge is 0.337 e. The van der Waals surface area contributed by atoms with Crippen molar-refractivity contribution >= 4 is 17.1 Å². The van der Waals surface area contributed by atoms with Crippen LogP contribution in [0.5, 0.6) is 0 Å². The van der Waals surface area contributed by atoms with Gasteiger partial charge in [-0.3, -0.25) is 0 Å². The quantitative estimate of drug-likeness (QED) is 0.720. The number of aryl methyl sites for hydroxylation is 1. The first-order valence-corrected chi connectivity index (χ1v) is 5.28. The van der Waals surface area contributed by atoms with Crippen molar-refractivity contribution in [2.75, 3.05) is 0 Å². The lowest BCUT2D eigenvalue weighted by Gasteiger charge is -1.92. The van der Waals surface area contributed by atoms with Crippen molar-refractivity contribution in [2.24, 2.45) is 0 Å². The summed E-state index contributed by atoms with van der Waals surface area (Å²) in [6.07, 6.45) is 2.87. The molecule has 3 aromatic heterocycles. The minimum Gasteiger partial charge on any atom is -0.478 e. The average molecular weight is 243 g/mol. The fourth-order valence-corrected chi connectivity index (χ4v) is 1.78. The highest BCUT2D eigenvalue weighted by Crippen LogP contribution is 2.23. The summed E-state index contributed by atoms with van der Waals surface area (Å²) in [5.74, 6) is 0.346. The number of carboxylic acids is 1. The maximum atomic E-state index is 10.8. The molecule has 0 amide bonds. The van der Waals surface area contributed by atoms with Crippen molar-refractivity contribution in [3.05, 3.63) is 35.9 Å². The number of fused-ring (bicyclic) bond motifs is 1. The zero-order chi connectivity index (χ0) is 12.7. The average Bonchev–Trinajstić information content (AvgIpc) is 2.92.